The fourth-order valence-electron chi connectivity index (χ4n) is 2.75. The summed E-state index contributed by atoms with van der Waals surface area (Å²) >= 11 is 0. The van der Waals surface area contributed by atoms with Gasteiger partial charge in [-0.1, -0.05) is 42.5 Å². The highest BCUT2D eigenvalue weighted by Gasteiger charge is 2.09. The van der Waals surface area contributed by atoms with Crippen LogP contribution in [0.5, 0.6) is 0 Å². The summed E-state index contributed by atoms with van der Waals surface area (Å²) in [5, 5.41) is 15.5. The van der Waals surface area contributed by atoms with Crippen molar-refractivity contribution in [1.82, 2.24) is 15.5 Å². The Balaban J connectivity index is 1.71. The third kappa shape index (κ3) is 7.12. The molecule has 2 aromatic carbocycles. The van der Waals surface area contributed by atoms with Crippen LogP contribution in [0.25, 0.3) is 0 Å². The summed E-state index contributed by atoms with van der Waals surface area (Å²) in [6, 6.07) is 20.7. The van der Waals surface area contributed by atoms with Gasteiger partial charge < -0.3 is 10.6 Å². The number of hydrogen-bond acceptors (Lipinski definition) is 3. The molecule has 0 spiro atoms. The van der Waals surface area contributed by atoms with Gasteiger partial charge >= 0.3 is 0 Å². The molecule has 0 fully saturated rings. The Morgan fingerprint density at radius 2 is 1.78 bits per heavy atom. The van der Waals surface area contributed by atoms with Crippen molar-refractivity contribution in [3.05, 3.63) is 71.3 Å². The minimum atomic E-state index is 0.467. The Morgan fingerprint density at radius 1 is 1.07 bits per heavy atom. The van der Waals surface area contributed by atoms with Crippen molar-refractivity contribution < 1.29 is 0 Å². The van der Waals surface area contributed by atoms with Crippen LogP contribution in [0.1, 0.15) is 30.0 Å². The van der Waals surface area contributed by atoms with Crippen LogP contribution >= 0.6 is 0 Å². The van der Waals surface area contributed by atoms with E-state index in [1.165, 1.54) is 5.56 Å². The van der Waals surface area contributed by atoms with E-state index in [9.17, 15) is 0 Å². The first-order chi connectivity index (χ1) is 13.1. The lowest BCUT2D eigenvalue weighted by Crippen LogP contribution is -2.39. The predicted octanol–water partition coefficient (Wildman–Crippen LogP) is 3.13. The summed E-state index contributed by atoms with van der Waals surface area (Å²) in [6.45, 7) is 4.73. The van der Waals surface area contributed by atoms with Gasteiger partial charge in [0.1, 0.15) is 0 Å². The maximum Gasteiger partial charge on any atom is 0.191 e. The minimum absolute atomic E-state index is 0.467. The zero-order chi connectivity index (χ0) is 19.5. The van der Waals surface area contributed by atoms with Crippen LogP contribution in [0.2, 0.25) is 0 Å². The molecule has 0 aliphatic carbocycles. The molecule has 0 heterocycles. The summed E-state index contributed by atoms with van der Waals surface area (Å²) in [4.78, 5) is 6.64. The number of nitrogens with one attached hydrogen (secondary N) is 2. The Bertz CT molecular complexity index is 747. The molecule has 2 N–H and O–H groups in total. The number of rotatable bonds is 8. The molecule has 0 aliphatic rings. The summed E-state index contributed by atoms with van der Waals surface area (Å²) in [5.41, 5.74) is 3.13. The van der Waals surface area contributed by atoms with Crippen molar-refractivity contribution in [3.8, 4) is 6.07 Å². The molecule has 0 aromatic heterocycles. The van der Waals surface area contributed by atoms with Gasteiger partial charge in [-0.2, -0.15) is 5.26 Å². The highest BCUT2D eigenvalue weighted by atomic mass is 15.2. The van der Waals surface area contributed by atoms with Crippen LogP contribution in [0.3, 0.4) is 0 Å². The molecule has 142 valence electrons. The Morgan fingerprint density at radius 3 is 2.41 bits per heavy atom. The highest BCUT2D eigenvalue weighted by molar-refractivity contribution is 5.79. The lowest BCUT2D eigenvalue weighted by Gasteiger charge is -2.25. The van der Waals surface area contributed by atoms with E-state index in [1.54, 1.807) is 7.05 Å². The first kappa shape index (κ1) is 20.5. The van der Waals surface area contributed by atoms with Crippen LogP contribution in [0.4, 0.5) is 0 Å². The van der Waals surface area contributed by atoms with E-state index < -0.39 is 0 Å². The highest BCUT2D eigenvalue weighted by Crippen LogP contribution is 2.08. The molecule has 0 aliphatic heterocycles. The fraction of sp³-hybridized carbons (Fsp3) is 0.364. The van der Waals surface area contributed by atoms with E-state index in [1.807, 2.05) is 30.3 Å². The molecule has 0 saturated carbocycles. The Labute approximate surface area is 162 Å². The van der Waals surface area contributed by atoms with Gasteiger partial charge in [-0.15, -0.1) is 0 Å². The molecular formula is C22H29N5. The predicted molar refractivity (Wildman–Crippen MR) is 111 cm³/mol. The quantitative estimate of drug-likeness (QED) is 0.559. The minimum Gasteiger partial charge on any atom is -0.356 e. The van der Waals surface area contributed by atoms with Crippen molar-refractivity contribution >= 4 is 5.96 Å². The van der Waals surface area contributed by atoms with E-state index in [-0.39, 0.29) is 0 Å². The molecule has 1 atom stereocenters. The van der Waals surface area contributed by atoms with Gasteiger partial charge in [-0.25, -0.2) is 0 Å². The SMILES string of the molecule is CN=C(NCCC(C)N(C)Cc1ccccc1)NCc1ccc(C#N)cc1. The van der Waals surface area contributed by atoms with Gasteiger partial charge in [0.05, 0.1) is 11.6 Å². The molecule has 5 nitrogen and oxygen atoms in total. The Kier molecular flexibility index (Phi) is 8.34. The van der Waals surface area contributed by atoms with Crippen LogP contribution in [0, 0.1) is 11.3 Å². The second kappa shape index (κ2) is 11.0. The van der Waals surface area contributed by atoms with Gasteiger partial charge in [-0.3, -0.25) is 9.89 Å². The third-order valence-corrected chi connectivity index (χ3v) is 4.65. The van der Waals surface area contributed by atoms with Gasteiger partial charge in [0.15, 0.2) is 5.96 Å². The average molecular weight is 364 g/mol. The van der Waals surface area contributed by atoms with Crippen LogP contribution < -0.4 is 10.6 Å². The van der Waals surface area contributed by atoms with Gasteiger partial charge in [0.25, 0.3) is 0 Å². The number of nitriles is 1. The maximum atomic E-state index is 8.85. The molecule has 2 rings (SSSR count). The molecule has 0 radical (unpaired) electrons. The molecule has 2 aromatic rings. The monoisotopic (exact) mass is 363 g/mol. The van der Waals surface area contributed by atoms with E-state index in [0.29, 0.717) is 18.2 Å². The number of nitrogens with zero attached hydrogens (tertiary/aromatic N) is 3. The smallest absolute Gasteiger partial charge is 0.191 e. The van der Waals surface area contributed by atoms with Crippen LogP contribution in [-0.4, -0.2) is 37.5 Å². The maximum absolute atomic E-state index is 8.85. The summed E-state index contributed by atoms with van der Waals surface area (Å²) in [7, 11) is 3.94. The van der Waals surface area contributed by atoms with E-state index in [2.05, 4.69) is 64.8 Å². The summed E-state index contributed by atoms with van der Waals surface area (Å²) in [5.74, 6) is 0.789. The molecule has 27 heavy (non-hydrogen) atoms. The van der Waals surface area contributed by atoms with E-state index >= 15 is 0 Å². The molecular weight excluding hydrogens is 334 g/mol. The summed E-state index contributed by atoms with van der Waals surface area (Å²) in [6.07, 6.45) is 1.03. The topological polar surface area (TPSA) is 63.5 Å². The van der Waals surface area contributed by atoms with Crippen LogP contribution in [0.15, 0.2) is 59.6 Å². The molecule has 0 amide bonds. The zero-order valence-electron chi connectivity index (χ0n) is 16.4. The average Bonchev–Trinajstić information content (AvgIpc) is 2.71. The molecule has 0 saturated heterocycles. The standard InChI is InChI=1S/C22H29N5/c1-18(27(3)17-21-7-5-4-6-8-21)13-14-25-22(24-2)26-16-20-11-9-19(15-23)10-12-20/h4-12,18H,13-14,16-17H2,1-3H3,(H2,24,25,26). The first-order valence-corrected chi connectivity index (χ1v) is 9.30. The van der Waals surface area contributed by atoms with Gasteiger partial charge in [0.2, 0.25) is 0 Å². The Hall–Kier alpha value is -2.84. The molecule has 0 bridgehead atoms. The number of benzene rings is 2. The lowest BCUT2D eigenvalue weighted by atomic mass is 10.1. The normalized spacial score (nSPS) is 12.5. The van der Waals surface area contributed by atoms with Crippen molar-refractivity contribution in [2.45, 2.75) is 32.5 Å². The molecule has 5 heteroatoms. The number of aliphatic imine (C=N–C) groups is 1. The summed E-state index contributed by atoms with van der Waals surface area (Å²) < 4.78 is 0. The van der Waals surface area contributed by atoms with Gasteiger partial charge in [0, 0.05) is 32.7 Å². The number of hydrogen-bond donors (Lipinski definition) is 2. The first-order valence-electron chi connectivity index (χ1n) is 9.30. The second-order valence-corrected chi connectivity index (χ2v) is 6.70. The molecule has 1 unspecified atom stereocenters. The largest absolute Gasteiger partial charge is 0.356 e. The second-order valence-electron chi connectivity index (χ2n) is 6.70. The van der Waals surface area contributed by atoms with Crippen molar-refractivity contribution in [2.24, 2.45) is 4.99 Å². The zero-order valence-corrected chi connectivity index (χ0v) is 16.4. The fourth-order valence-corrected chi connectivity index (χ4v) is 2.75. The van der Waals surface area contributed by atoms with E-state index in [0.717, 1.165) is 31.0 Å². The van der Waals surface area contributed by atoms with Gasteiger partial charge in [-0.05, 0) is 43.7 Å². The number of guanidine groups is 1. The van der Waals surface area contributed by atoms with Crippen LogP contribution in [-0.2, 0) is 13.1 Å². The van der Waals surface area contributed by atoms with Crippen molar-refractivity contribution in [2.75, 3.05) is 20.6 Å². The van der Waals surface area contributed by atoms with Crippen molar-refractivity contribution in [3.63, 3.8) is 0 Å². The van der Waals surface area contributed by atoms with E-state index in [4.69, 9.17) is 5.26 Å². The lowest BCUT2D eigenvalue weighted by molar-refractivity contribution is 0.238. The third-order valence-electron chi connectivity index (χ3n) is 4.65. The van der Waals surface area contributed by atoms with Crippen molar-refractivity contribution in [1.29, 1.82) is 5.26 Å².